The number of likely N-dealkylation sites (tertiary alicyclic amines) is 1. The minimum Gasteiger partial charge on any atom is -0.337 e. The molecule has 0 saturated carbocycles. The largest absolute Gasteiger partial charge is 0.343 e. The Bertz CT molecular complexity index is 902. The van der Waals surface area contributed by atoms with E-state index in [1.807, 2.05) is 49.8 Å². The number of nitrogens with zero attached hydrogens (tertiary/aromatic N) is 5. The smallest absolute Gasteiger partial charge is 0.337 e. The van der Waals surface area contributed by atoms with Gasteiger partial charge in [-0.25, -0.2) is 14.9 Å². The van der Waals surface area contributed by atoms with Crippen molar-refractivity contribution in [2.45, 2.75) is 31.8 Å². The fraction of sp³-hybridized carbons (Fsp3) is 0.421. The Labute approximate surface area is 152 Å². The first-order valence-electron chi connectivity index (χ1n) is 9.08. The summed E-state index contributed by atoms with van der Waals surface area (Å²) in [6, 6.07) is 10.1. The predicted molar refractivity (Wildman–Crippen MR) is 98.9 cm³/mol. The van der Waals surface area contributed by atoms with E-state index in [9.17, 15) is 4.79 Å². The molecule has 7 nitrogen and oxygen atoms in total. The van der Waals surface area contributed by atoms with Crippen molar-refractivity contribution in [1.82, 2.24) is 29.2 Å². The van der Waals surface area contributed by atoms with Crippen LogP contribution in [0.3, 0.4) is 0 Å². The summed E-state index contributed by atoms with van der Waals surface area (Å²) in [5, 5.41) is 6.98. The first-order chi connectivity index (χ1) is 12.7. The SMILES string of the molecule is Cn1ccnc1CN1CCC(c2n[nH]c(=O)n2Cc2ccccc2)CC1. The molecule has 7 heteroatoms. The van der Waals surface area contributed by atoms with E-state index in [2.05, 4.69) is 24.6 Å². The van der Waals surface area contributed by atoms with Crippen molar-refractivity contribution in [3.8, 4) is 0 Å². The predicted octanol–water partition coefficient (Wildman–Crippen LogP) is 1.73. The van der Waals surface area contributed by atoms with Gasteiger partial charge in [0.05, 0.1) is 13.1 Å². The van der Waals surface area contributed by atoms with E-state index in [0.717, 1.165) is 49.7 Å². The summed E-state index contributed by atoms with van der Waals surface area (Å²) in [4.78, 5) is 19.1. The quantitative estimate of drug-likeness (QED) is 0.759. The first kappa shape index (κ1) is 16.8. The van der Waals surface area contributed by atoms with Gasteiger partial charge in [-0.2, -0.15) is 5.10 Å². The highest BCUT2D eigenvalue weighted by atomic mass is 16.1. The number of piperidine rings is 1. The molecular formula is C19H24N6O. The van der Waals surface area contributed by atoms with Crippen LogP contribution in [0.4, 0.5) is 0 Å². The van der Waals surface area contributed by atoms with Crippen molar-refractivity contribution in [3.05, 3.63) is 70.4 Å². The van der Waals surface area contributed by atoms with Crippen molar-refractivity contribution in [3.63, 3.8) is 0 Å². The van der Waals surface area contributed by atoms with Crippen LogP contribution >= 0.6 is 0 Å². The maximum Gasteiger partial charge on any atom is 0.343 e. The molecule has 1 saturated heterocycles. The molecule has 3 aromatic rings. The summed E-state index contributed by atoms with van der Waals surface area (Å²) >= 11 is 0. The summed E-state index contributed by atoms with van der Waals surface area (Å²) in [6.07, 6.45) is 5.83. The highest BCUT2D eigenvalue weighted by Gasteiger charge is 2.26. The van der Waals surface area contributed by atoms with Gasteiger partial charge in [0.25, 0.3) is 0 Å². The molecule has 2 aromatic heterocycles. The van der Waals surface area contributed by atoms with Crippen LogP contribution in [0, 0.1) is 0 Å². The van der Waals surface area contributed by atoms with Gasteiger partial charge in [0.1, 0.15) is 11.6 Å². The summed E-state index contributed by atoms with van der Waals surface area (Å²) in [5.41, 5.74) is 0.990. The van der Waals surface area contributed by atoms with Crippen LogP contribution in [0.1, 0.15) is 36.0 Å². The molecule has 0 spiro atoms. The van der Waals surface area contributed by atoms with Crippen LogP contribution in [0.5, 0.6) is 0 Å². The van der Waals surface area contributed by atoms with Crippen LogP contribution in [0.2, 0.25) is 0 Å². The van der Waals surface area contributed by atoms with Crippen molar-refractivity contribution in [1.29, 1.82) is 0 Å². The minimum absolute atomic E-state index is 0.126. The molecule has 1 aliphatic heterocycles. The number of H-pyrrole nitrogens is 1. The zero-order valence-electron chi connectivity index (χ0n) is 15.0. The number of nitrogens with one attached hydrogen (secondary N) is 1. The molecule has 0 aliphatic carbocycles. The number of imidazole rings is 1. The van der Waals surface area contributed by atoms with Gasteiger partial charge in [-0.1, -0.05) is 30.3 Å². The molecule has 4 rings (SSSR count). The monoisotopic (exact) mass is 352 g/mol. The third kappa shape index (κ3) is 3.48. The molecular weight excluding hydrogens is 328 g/mol. The van der Waals surface area contributed by atoms with E-state index >= 15 is 0 Å². The molecule has 0 radical (unpaired) electrons. The Hall–Kier alpha value is -2.67. The van der Waals surface area contributed by atoms with Gasteiger partial charge in [0.15, 0.2) is 0 Å². The average Bonchev–Trinajstić information content (AvgIpc) is 3.23. The van der Waals surface area contributed by atoms with Gasteiger partial charge < -0.3 is 4.57 Å². The maximum absolute atomic E-state index is 12.2. The lowest BCUT2D eigenvalue weighted by molar-refractivity contribution is 0.194. The van der Waals surface area contributed by atoms with Gasteiger partial charge >= 0.3 is 5.69 Å². The molecule has 1 N–H and O–H groups in total. The second-order valence-corrected chi connectivity index (χ2v) is 6.96. The van der Waals surface area contributed by atoms with E-state index in [1.165, 1.54) is 0 Å². The Kier molecular flexibility index (Phi) is 4.71. The van der Waals surface area contributed by atoms with E-state index in [-0.39, 0.29) is 5.69 Å². The van der Waals surface area contributed by atoms with E-state index in [1.54, 1.807) is 4.57 Å². The third-order valence-electron chi connectivity index (χ3n) is 5.21. The average molecular weight is 352 g/mol. The second-order valence-electron chi connectivity index (χ2n) is 6.96. The number of aryl methyl sites for hydroxylation is 1. The second kappa shape index (κ2) is 7.29. The first-order valence-corrected chi connectivity index (χ1v) is 9.08. The lowest BCUT2D eigenvalue weighted by Crippen LogP contribution is -2.34. The van der Waals surface area contributed by atoms with Gasteiger partial charge in [-0.3, -0.25) is 9.47 Å². The van der Waals surface area contributed by atoms with Gasteiger partial charge in [0, 0.05) is 25.4 Å². The number of hydrogen-bond donors (Lipinski definition) is 1. The fourth-order valence-electron chi connectivity index (χ4n) is 3.66. The van der Waals surface area contributed by atoms with Gasteiger partial charge in [-0.15, -0.1) is 0 Å². The molecule has 0 atom stereocenters. The topological polar surface area (TPSA) is 71.7 Å². The van der Waals surface area contributed by atoms with Crippen LogP contribution < -0.4 is 5.69 Å². The highest BCUT2D eigenvalue weighted by Crippen LogP contribution is 2.26. The molecule has 1 aromatic carbocycles. The van der Waals surface area contributed by atoms with E-state index < -0.39 is 0 Å². The molecule has 0 bridgehead atoms. The molecule has 0 amide bonds. The zero-order chi connectivity index (χ0) is 17.9. The Morgan fingerprint density at radius 3 is 2.62 bits per heavy atom. The van der Waals surface area contributed by atoms with E-state index in [4.69, 9.17) is 0 Å². The number of aromatic amines is 1. The fourth-order valence-corrected chi connectivity index (χ4v) is 3.66. The number of benzene rings is 1. The Balaban J connectivity index is 1.43. The van der Waals surface area contributed by atoms with Crippen molar-refractivity contribution < 1.29 is 0 Å². The zero-order valence-corrected chi connectivity index (χ0v) is 15.0. The van der Waals surface area contributed by atoms with Crippen molar-refractivity contribution >= 4 is 0 Å². The minimum atomic E-state index is -0.126. The lowest BCUT2D eigenvalue weighted by atomic mass is 9.95. The summed E-state index contributed by atoms with van der Waals surface area (Å²) < 4.78 is 3.85. The summed E-state index contributed by atoms with van der Waals surface area (Å²) in [7, 11) is 2.03. The van der Waals surface area contributed by atoms with Crippen molar-refractivity contribution in [2.75, 3.05) is 13.1 Å². The third-order valence-corrected chi connectivity index (χ3v) is 5.21. The van der Waals surface area contributed by atoms with Crippen LogP contribution in [0.15, 0.2) is 47.5 Å². The molecule has 1 fully saturated rings. The lowest BCUT2D eigenvalue weighted by Gasteiger charge is -2.31. The molecule has 3 heterocycles. The summed E-state index contributed by atoms with van der Waals surface area (Å²) in [6.45, 7) is 3.42. The maximum atomic E-state index is 12.2. The van der Waals surface area contributed by atoms with E-state index in [0.29, 0.717) is 12.5 Å². The summed E-state index contributed by atoms with van der Waals surface area (Å²) in [5.74, 6) is 2.29. The van der Waals surface area contributed by atoms with Crippen LogP contribution in [-0.4, -0.2) is 42.3 Å². The van der Waals surface area contributed by atoms with Crippen molar-refractivity contribution in [2.24, 2.45) is 7.05 Å². The Morgan fingerprint density at radius 1 is 1.15 bits per heavy atom. The van der Waals surface area contributed by atoms with Crippen LogP contribution in [-0.2, 0) is 20.1 Å². The molecule has 26 heavy (non-hydrogen) atoms. The molecule has 1 aliphatic rings. The Morgan fingerprint density at radius 2 is 1.92 bits per heavy atom. The number of aromatic nitrogens is 5. The highest BCUT2D eigenvalue weighted by molar-refractivity contribution is 5.16. The van der Waals surface area contributed by atoms with Gasteiger partial charge in [0.2, 0.25) is 0 Å². The van der Waals surface area contributed by atoms with Gasteiger partial charge in [-0.05, 0) is 31.5 Å². The normalized spacial score (nSPS) is 16.2. The number of hydrogen-bond acceptors (Lipinski definition) is 4. The number of rotatable bonds is 5. The standard InChI is InChI=1S/C19H24N6O/c1-23-12-9-20-17(23)14-24-10-7-16(8-11-24)18-21-22-19(26)25(18)13-15-5-3-2-4-6-15/h2-6,9,12,16H,7-8,10-11,13-14H2,1H3,(H,22,26). The molecule has 136 valence electrons. The van der Waals surface area contributed by atoms with Crippen LogP contribution in [0.25, 0.3) is 0 Å². The molecule has 0 unspecified atom stereocenters.